The number of amides is 2. The lowest BCUT2D eigenvalue weighted by atomic mass is 9.92. The van der Waals surface area contributed by atoms with Gasteiger partial charge < -0.3 is 19.7 Å². The van der Waals surface area contributed by atoms with E-state index in [0.717, 1.165) is 18.5 Å². The molecule has 0 saturated carbocycles. The number of anilines is 1. The molecule has 2 amide bonds. The summed E-state index contributed by atoms with van der Waals surface area (Å²) in [6, 6.07) is 3.24. The molecule has 3 aliphatic rings. The number of likely N-dealkylation sites (tertiary alicyclic amines) is 1. The van der Waals surface area contributed by atoms with Crippen LogP contribution in [0.25, 0.3) is 0 Å². The number of rotatable bonds is 5. The van der Waals surface area contributed by atoms with E-state index in [1.54, 1.807) is 12.1 Å². The highest BCUT2D eigenvalue weighted by Crippen LogP contribution is 2.37. The van der Waals surface area contributed by atoms with Gasteiger partial charge in [-0.3, -0.25) is 19.4 Å². The van der Waals surface area contributed by atoms with E-state index in [2.05, 4.69) is 10.3 Å². The van der Waals surface area contributed by atoms with E-state index < -0.39 is 0 Å². The molecule has 30 heavy (non-hydrogen) atoms. The van der Waals surface area contributed by atoms with E-state index in [0.29, 0.717) is 54.4 Å². The van der Waals surface area contributed by atoms with Gasteiger partial charge in [-0.25, -0.2) is 0 Å². The highest BCUT2D eigenvalue weighted by molar-refractivity contribution is 6.39. The van der Waals surface area contributed by atoms with E-state index >= 15 is 0 Å². The molecule has 3 aliphatic heterocycles. The SMILES string of the molecule is CC(=O)c1cc2c(cc1NC(=O)CC1CCN(C(=O)C3=NC(C)=CC3)CC1)OCO2. The molecule has 1 saturated heterocycles. The molecule has 0 atom stereocenters. The summed E-state index contributed by atoms with van der Waals surface area (Å²) in [6.45, 7) is 4.69. The maximum absolute atomic E-state index is 12.6. The van der Waals surface area contributed by atoms with Gasteiger partial charge in [0.05, 0.1) is 5.69 Å². The topological polar surface area (TPSA) is 97.3 Å². The maximum atomic E-state index is 12.6. The zero-order valence-corrected chi connectivity index (χ0v) is 17.2. The van der Waals surface area contributed by atoms with Crippen molar-refractivity contribution >= 4 is 29.0 Å². The number of ketones is 1. The summed E-state index contributed by atoms with van der Waals surface area (Å²) < 4.78 is 10.7. The quantitative estimate of drug-likeness (QED) is 0.752. The second-order valence-electron chi connectivity index (χ2n) is 7.90. The van der Waals surface area contributed by atoms with Crippen LogP contribution in [0.3, 0.4) is 0 Å². The Morgan fingerprint density at radius 1 is 1.17 bits per heavy atom. The number of aliphatic imine (C=N–C) groups is 1. The molecule has 0 aromatic heterocycles. The van der Waals surface area contributed by atoms with Crippen molar-refractivity contribution in [2.45, 2.75) is 39.5 Å². The van der Waals surface area contributed by atoms with Gasteiger partial charge in [-0.05, 0) is 38.7 Å². The first kappa shape index (κ1) is 20.1. The van der Waals surface area contributed by atoms with Crippen LogP contribution in [0.4, 0.5) is 5.69 Å². The summed E-state index contributed by atoms with van der Waals surface area (Å²) in [6.07, 6.45) is 4.42. The number of piperidine rings is 1. The van der Waals surface area contributed by atoms with Gasteiger partial charge in [0.2, 0.25) is 12.7 Å². The Morgan fingerprint density at radius 2 is 1.87 bits per heavy atom. The van der Waals surface area contributed by atoms with Gasteiger partial charge >= 0.3 is 0 Å². The molecule has 8 heteroatoms. The summed E-state index contributed by atoms with van der Waals surface area (Å²) in [5.41, 5.74) is 2.32. The Balaban J connectivity index is 1.32. The lowest BCUT2D eigenvalue weighted by Gasteiger charge is -2.31. The van der Waals surface area contributed by atoms with Crippen molar-refractivity contribution in [2.75, 3.05) is 25.2 Å². The van der Waals surface area contributed by atoms with Crippen LogP contribution in [0.15, 0.2) is 28.9 Å². The molecular formula is C22H25N3O5. The molecular weight excluding hydrogens is 386 g/mol. The van der Waals surface area contributed by atoms with Gasteiger partial charge in [-0.1, -0.05) is 6.08 Å². The van der Waals surface area contributed by atoms with Crippen LogP contribution in [0, 0.1) is 5.92 Å². The lowest BCUT2D eigenvalue weighted by molar-refractivity contribution is -0.125. The van der Waals surface area contributed by atoms with Crippen LogP contribution in [0.2, 0.25) is 0 Å². The van der Waals surface area contributed by atoms with Crippen molar-refractivity contribution < 1.29 is 23.9 Å². The number of Topliss-reactive ketones (excluding diaryl/α,β-unsaturated/α-hetero) is 1. The van der Waals surface area contributed by atoms with Crippen LogP contribution < -0.4 is 14.8 Å². The molecule has 1 fully saturated rings. The number of nitrogens with one attached hydrogen (secondary N) is 1. The molecule has 1 aromatic rings. The van der Waals surface area contributed by atoms with Gasteiger partial charge in [0, 0.05) is 43.3 Å². The normalized spacial score (nSPS) is 18.1. The predicted octanol–water partition coefficient (Wildman–Crippen LogP) is 2.93. The minimum Gasteiger partial charge on any atom is -0.454 e. The van der Waals surface area contributed by atoms with E-state index in [4.69, 9.17) is 9.47 Å². The Kier molecular flexibility index (Phi) is 5.57. The maximum Gasteiger partial charge on any atom is 0.268 e. The fraction of sp³-hybridized carbons (Fsp3) is 0.455. The number of ether oxygens (including phenoxy) is 2. The van der Waals surface area contributed by atoms with Crippen molar-refractivity contribution in [3.05, 3.63) is 29.5 Å². The van der Waals surface area contributed by atoms with Gasteiger partial charge in [-0.2, -0.15) is 0 Å². The zero-order valence-electron chi connectivity index (χ0n) is 17.2. The van der Waals surface area contributed by atoms with Crippen molar-refractivity contribution in [1.29, 1.82) is 0 Å². The summed E-state index contributed by atoms with van der Waals surface area (Å²) in [5.74, 6) is 0.900. The molecule has 0 unspecified atom stereocenters. The molecule has 1 aromatic carbocycles. The van der Waals surface area contributed by atoms with E-state index in [1.165, 1.54) is 6.92 Å². The van der Waals surface area contributed by atoms with Gasteiger partial charge in [0.1, 0.15) is 5.71 Å². The third kappa shape index (κ3) is 4.22. The number of hydrogen-bond acceptors (Lipinski definition) is 6. The van der Waals surface area contributed by atoms with Crippen LogP contribution in [0.1, 0.15) is 49.9 Å². The van der Waals surface area contributed by atoms with Gasteiger partial charge in [0.15, 0.2) is 17.3 Å². The number of carbonyl (C=O) groups excluding carboxylic acids is 3. The fourth-order valence-electron chi connectivity index (χ4n) is 4.01. The van der Waals surface area contributed by atoms with Crippen LogP contribution >= 0.6 is 0 Å². The monoisotopic (exact) mass is 411 g/mol. The first-order valence-electron chi connectivity index (χ1n) is 10.2. The standard InChI is InChI=1S/C22H25N3O5/c1-13-3-4-17(23-13)22(28)25-7-5-15(6-8-25)9-21(27)24-18-11-20-19(29-12-30-20)10-16(18)14(2)26/h3,10-11,15H,4-9,12H2,1-2H3,(H,24,27). The lowest BCUT2D eigenvalue weighted by Crippen LogP contribution is -2.42. The molecule has 0 bridgehead atoms. The molecule has 158 valence electrons. The third-order valence-corrected chi connectivity index (χ3v) is 5.69. The van der Waals surface area contributed by atoms with Crippen LogP contribution in [0.5, 0.6) is 11.5 Å². The minimum absolute atomic E-state index is 0.00235. The smallest absolute Gasteiger partial charge is 0.268 e. The molecule has 8 nitrogen and oxygen atoms in total. The molecule has 0 aliphatic carbocycles. The second-order valence-corrected chi connectivity index (χ2v) is 7.90. The third-order valence-electron chi connectivity index (χ3n) is 5.69. The molecule has 0 spiro atoms. The Hall–Kier alpha value is -3.16. The zero-order chi connectivity index (χ0) is 21.3. The van der Waals surface area contributed by atoms with Crippen molar-refractivity contribution in [3.8, 4) is 11.5 Å². The van der Waals surface area contributed by atoms with E-state index in [9.17, 15) is 14.4 Å². The van der Waals surface area contributed by atoms with Crippen molar-refractivity contribution in [1.82, 2.24) is 4.90 Å². The average Bonchev–Trinajstić information content (AvgIpc) is 3.35. The fourth-order valence-corrected chi connectivity index (χ4v) is 4.01. The summed E-state index contributed by atoms with van der Waals surface area (Å²) in [7, 11) is 0. The molecule has 3 heterocycles. The summed E-state index contributed by atoms with van der Waals surface area (Å²) in [4.78, 5) is 43.2. The van der Waals surface area contributed by atoms with Crippen LogP contribution in [-0.2, 0) is 9.59 Å². The first-order valence-corrected chi connectivity index (χ1v) is 10.2. The minimum atomic E-state index is -0.157. The van der Waals surface area contributed by atoms with Crippen LogP contribution in [-0.4, -0.2) is 48.1 Å². The Labute approximate surface area is 174 Å². The highest BCUT2D eigenvalue weighted by Gasteiger charge is 2.28. The average molecular weight is 411 g/mol. The molecule has 0 radical (unpaired) electrons. The molecule has 4 rings (SSSR count). The second kappa shape index (κ2) is 8.30. The first-order chi connectivity index (χ1) is 14.4. The number of fused-ring (bicyclic) bond motifs is 1. The number of nitrogens with zero attached hydrogens (tertiary/aromatic N) is 2. The van der Waals surface area contributed by atoms with Gasteiger partial charge in [-0.15, -0.1) is 0 Å². The van der Waals surface area contributed by atoms with Gasteiger partial charge in [0.25, 0.3) is 5.91 Å². The predicted molar refractivity (Wildman–Crippen MR) is 111 cm³/mol. The summed E-state index contributed by atoms with van der Waals surface area (Å²) in [5, 5.41) is 2.85. The van der Waals surface area contributed by atoms with E-state index in [1.807, 2.05) is 17.9 Å². The van der Waals surface area contributed by atoms with Crippen molar-refractivity contribution in [3.63, 3.8) is 0 Å². The largest absolute Gasteiger partial charge is 0.454 e. The number of carbonyl (C=O) groups is 3. The Morgan fingerprint density at radius 3 is 2.50 bits per heavy atom. The summed E-state index contributed by atoms with van der Waals surface area (Å²) >= 11 is 0. The van der Waals surface area contributed by atoms with Crippen molar-refractivity contribution in [2.24, 2.45) is 10.9 Å². The number of allylic oxidation sites excluding steroid dienone is 2. The van der Waals surface area contributed by atoms with E-state index in [-0.39, 0.29) is 30.3 Å². The number of benzene rings is 1. The number of hydrogen-bond donors (Lipinski definition) is 1. The Bertz CT molecular complexity index is 958. The highest BCUT2D eigenvalue weighted by atomic mass is 16.7. The molecule has 1 N–H and O–H groups in total.